The summed E-state index contributed by atoms with van der Waals surface area (Å²) < 4.78 is 52.0. The number of aromatic nitrogens is 2. The van der Waals surface area contributed by atoms with Gasteiger partial charge in [0.25, 0.3) is 0 Å². The molecule has 3 aromatic rings. The molecule has 0 bridgehead atoms. The average molecular weight is 461 g/mol. The van der Waals surface area contributed by atoms with Gasteiger partial charge >= 0.3 is 6.18 Å². The minimum atomic E-state index is -4.62. The van der Waals surface area contributed by atoms with Crippen LogP contribution in [0.2, 0.25) is 0 Å². The Bertz CT molecular complexity index is 1040. The molecular weight excluding hydrogens is 433 g/mol. The van der Waals surface area contributed by atoms with E-state index in [0.29, 0.717) is 29.5 Å². The highest BCUT2D eigenvalue weighted by atomic mass is 19.4. The van der Waals surface area contributed by atoms with Crippen molar-refractivity contribution >= 4 is 23.1 Å². The van der Waals surface area contributed by atoms with Crippen molar-refractivity contribution in [3.05, 3.63) is 60.3 Å². The molecule has 0 saturated heterocycles. The lowest BCUT2D eigenvalue weighted by Gasteiger charge is -2.16. The number of ether oxygens (including phenoxy) is 2. The molecule has 0 saturated carbocycles. The minimum absolute atomic E-state index is 0.0143. The van der Waals surface area contributed by atoms with Gasteiger partial charge in [-0.1, -0.05) is 19.9 Å². The molecular formula is C24H27F3N4O2. The van der Waals surface area contributed by atoms with Crippen molar-refractivity contribution in [1.29, 1.82) is 0 Å². The number of rotatable bonds is 10. The zero-order valence-corrected chi connectivity index (χ0v) is 18.7. The predicted molar refractivity (Wildman–Crippen MR) is 123 cm³/mol. The van der Waals surface area contributed by atoms with Gasteiger partial charge in [-0.25, -0.2) is 4.98 Å². The van der Waals surface area contributed by atoms with E-state index in [2.05, 4.69) is 20.6 Å². The Labute approximate surface area is 191 Å². The third-order valence-corrected chi connectivity index (χ3v) is 4.69. The molecule has 0 spiro atoms. The quantitative estimate of drug-likeness (QED) is 0.341. The summed E-state index contributed by atoms with van der Waals surface area (Å²) >= 11 is 0. The van der Waals surface area contributed by atoms with Gasteiger partial charge in [0, 0.05) is 23.6 Å². The van der Waals surface area contributed by atoms with Gasteiger partial charge in [-0.3, -0.25) is 0 Å². The number of hydrogen-bond acceptors (Lipinski definition) is 6. The van der Waals surface area contributed by atoms with Crippen LogP contribution in [0.25, 0.3) is 0 Å². The van der Waals surface area contributed by atoms with E-state index in [-0.39, 0.29) is 17.9 Å². The molecule has 3 rings (SSSR count). The summed E-state index contributed by atoms with van der Waals surface area (Å²) in [6.07, 6.45) is -2.18. The number of benzene rings is 2. The lowest BCUT2D eigenvalue weighted by atomic mass is 10.2. The van der Waals surface area contributed by atoms with Gasteiger partial charge in [-0.05, 0) is 56.2 Å². The summed E-state index contributed by atoms with van der Waals surface area (Å²) in [5, 5.41) is 5.69. The van der Waals surface area contributed by atoms with Crippen LogP contribution in [0.3, 0.4) is 0 Å². The Hall–Kier alpha value is -3.49. The Kier molecular flexibility index (Phi) is 7.97. The molecule has 0 amide bonds. The summed E-state index contributed by atoms with van der Waals surface area (Å²) in [5.41, 5.74) is 0.0708. The molecule has 6 nitrogen and oxygen atoms in total. The largest absolute Gasteiger partial charge is 0.494 e. The number of anilines is 4. The minimum Gasteiger partial charge on any atom is -0.494 e. The molecule has 1 atom stereocenters. The maximum Gasteiger partial charge on any atom is 0.421 e. The first-order valence-corrected chi connectivity index (χ1v) is 10.8. The van der Waals surface area contributed by atoms with Crippen LogP contribution in [-0.4, -0.2) is 22.7 Å². The molecule has 1 heterocycles. The summed E-state index contributed by atoms with van der Waals surface area (Å²) in [6, 6.07) is 13.8. The van der Waals surface area contributed by atoms with E-state index in [1.54, 1.807) is 48.5 Å². The Balaban J connectivity index is 1.83. The first kappa shape index (κ1) is 24.2. The summed E-state index contributed by atoms with van der Waals surface area (Å²) in [5.74, 6) is 0.932. The third kappa shape index (κ3) is 7.00. The van der Waals surface area contributed by atoms with E-state index < -0.39 is 11.7 Å². The number of halogens is 3. The van der Waals surface area contributed by atoms with Crippen molar-refractivity contribution in [1.82, 2.24) is 9.97 Å². The Morgan fingerprint density at radius 1 is 0.970 bits per heavy atom. The fourth-order valence-corrected chi connectivity index (χ4v) is 2.83. The van der Waals surface area contributed by atoms with E-state index in [1.165, 1.54) is 0 Å². The molecule has 2 N–H and O–H groups in total. The Morgan fingerprint density at radius 2 is 1.73 bits per heavy atom. The van der Waals surface area contributed by atoms with Crippen LogP contribution in [0.5, 0.6) is 11.5 Å². The second-order valence-electron chi connectivity index (χ2n) is 7.44. The van der Waals surface area contributed by atoms with E-state index in [0.717, 1.165) is 19.0 Å². The molecule has 33 heavy (non-hydrogen) atoms. The van der Waals surface area contributed by atoms with Gasteiger partial charge in [-0.15, -0.1) is 0 Å². The van der Waals surface area contributed by atoms with E-state index in [9.17, 15) is 13.2 Å². The maximum absolute atomic E-state index is 13.6. The highest BCUT2D eigenvalue weighted by Crippen LogP contribution is 2.36. The van der Waals surface area contributed by atoms with Crippen LogP contribution in [-0.2, 0) is 6.18 Å². The maximum atomic E-state index is 13.6. The van der Waals surface area contributed by atoms with Crippen LogP contribution in [0, 0.1) is 0 Å². The van der Waals surface area contributed by atoms with Crippen LogP contribution in [0.4, 0.5) is 36.3 Å². The SMILES string of the molecule is CCCOc1ccc(Nc2ncc(C(F)(F)F)c(Nc3cccc(OC(C)CC)c3)n2)cc1. The van der Waals surface area contributed by atoms with Crippen molar-refractivity contribution in [2.45, 2.75) is 45.9 Å². The molecule has 1 unspecified atom stereocenters. The normalized spacial score (nSPS) is 12.2. The smallest absolute Gasteiger partial charge is 0.421 e. The van der Waals surface area contributed by atoms with E-state index in [4.69, 9.17) is 9.47 Å². The second-order valence-corrected chi connectivity index (χ2v) is 7.44. The van der Waals surface area contributed by atoms with Gasteiger partial charge in [0.1, 0.15) is 22.9 Å². The monoisotopic (exact) mass is 460 g/mol. The van der Waals surface area contributed by atoms with Gasteiger partial charge in [-0.2, -0.15) is 18.2 Å². The van der Waals surface area contributed by atoms with E-state index >= 15 is 0 Å². The van der Waals surface area contributed by atoms with Crippen LogP contribution in [0.15, 0.2) is 54.7 Å². The van der Waals surface area contributed by atoms with E-state index in [1.807, 2.05) is 20.8 Å². The zero-order valence-electron chi connectivity index (χ0n) is 18.7. The van der Waals surface area contributed by atoms with Gasteiger partial charge in [0.15, 0.2) is 0 Å². The fraction of sp³-hybridized carbons (Fsp3) is 0.333. The molecule has 0 aliphatic carbocycles. The van der Waals surface area contributed by atoms with Crippen molar-refractivity contribution in [2.75, 3.05) is 17.2 Å². The second kappa shape index (κ2) is 10.9. The Morgan fingerprint density at radius 3 is 2.39 bits per heavy atom. The first-order valence-electron chi connectivity index (χ1n) is 10.8. The molecule has 0 aliphatic rings. The van der Waals surface area contributed by atoms with Crippen LogP contribution >= 0.6 is 0 Å². The standard InChI is InChI=1S/C24H27F3N4O2/c1-4-13-32-19-11-9-17(10-12-19)30-23-28-15-21(24(25,26)27)22(31-23)29-18-7-6-8-20(14-18)33-16(3)5-2/h6-12,14-16H,4-5,13H2,1-3H3,(H2,28,29,30,31). The topological polar surface area (TPSA) is 68.3 Å². The van der Waals surface area contributed by atoms with Crippen LogP contribution < -0.4 is 20.1 Å². The predicted octanol–water partition coefficient (Wildman–Crippen LogP) is 6.95. The zero-order chi connectivity index (χ0) is 23.8. The van der Waals surface area contributed by atoms with Crippen molar-refractivity contribution in [3.8, 4) is 11.5 Å². The van der Waals surface area contributed by atoms with Gasteiger partial charge in [0.2, 0.25) is 5.95 Å². The van der Waals surface area contributed by atoms with Gasteiger partial charge in [0.05, 0.1) is 12.7 Å². The lowest BCUT2D eigenvalue weighted by molar-refractivity contribution is -0.137. The average Bonchev–Trinajstić information content (AvgIpc) is 2.78. The van der Waals surface area contributed by atoms with Gasteiger partial charge < -0.3 is 20.1 Å². The molecule has 176 valence electrons. The fourth-order valence-electron chi connectivity index (χ4n) is 2.83. The molecule has 0 aliphatic heterocycles. The lowest BCUT2D eigenvalue weighted by Crippen LogP contribution is -2.13. The molecule has 0 radical (unpaired) electrons. The van der Waals surface area contributed by atoms with Crippen molar-refractivity contribution in [3.63, 3.8) is 0 Å². The highest BCUT2D eigenvalue weighted by molar-refractivity contribution is 5.64. The number of nitrogens with zero attached hydrogens (tertiary/aromatic N) is 2. The highest BCUT2D eigenvalue weighted by Gasteiger charge is 2.35. The van der Waals surface area contributed by atoms with Crippen molar-refractivity contribution in [2.24, 2.45) is 0 Å². The summed E-state index contributed by atoms with van der Waals surface area (Å²) in [4.78, 5) is 7.93. The number of alkyl halides is 3. The molecule has 1 aromatic heterocycles. The molecule has 0 fully saturated rings. The third-order valence-electron chi connectivity index (χ3n) is 4.69. The number of nitrogens with one attached hydrogen (secondary N) is 2. The molecule has 2 aromatic carbocycles. The first-order chi connectivity index (χ1) is 15.8. The summed E-state index contributed by atoms with van der Waals surface area (Å²) in [7, 11) is 0. The van der Waals surface area contributed by atoms with Crippen LogP contribution in [0.1, 0.15) is 39.2 Å². The molecule has 9 heteroatoms. The van der Waals surface area contributed by atoms with Crippen molar-refractivity contribution < 1.29 is 22.6 Å². The number of hydrogen-bond donors (Lipinski definition) is 2. The summed E-state index contributed by atoms with van der Waals surface area (Å²) in [6.45, 7) is 6.53.